The van der Waals surface area contributed by atoms with Gasteiger partial charge in [-0.15, -0.1) is 0 Å². The Balaban J connectivity index is 1.53. The molecule has 1 aromatic heterocycles. The molecule has 0 radical (unpaired) electrons. The SMILES string of the molecule is NC(=O)C1CCOC1NC(=O)c1ccc(Cn2c(C(F)(F)F)cc3ccccc32)cc1. The van der Waals surface area contributed by atoms with E-state index in [1.54, 1.807) is 36.4 Å². The lowest BCUT2D eigenvalue weighted by Gasteiger charge is -2.17. The summed E-state index contributed by atoms with van der Waals surface area (Å²) in [7, 11) is 0. The number of nitrogens with one attached hydrogen (secondary N) is 1. The number of primary amides is 1. The van der Waals surface area contributed by atoms with Crippen molar-refractivity contribution in [2.75, 3.05) is 6.61 Å². The molecular formula is C22H20F3N3O3. The Bertz CT molecular complexity index is 1120. The van der Waals surface area contributed by atoms with Crippen LogP contribution in [0, 0.1) is 5.92 Å². The molecule has 3 N–H and O–H groups in total. The second-order valence-electron chi connectivity index (χ2n) is 7.43. The lowest BCUT2D eigenvalue weighted by atomic mass is 10.1. The molecule has 0 saturated carbocycles. The maximum Gasteiger partial charge on any atom is 0.431 e. The third-order valence-corrected chi connectivity index (χ3v) is 5.39. The largest absolute Gasteiger partial charge is 0.431 e. The highest BCUT2D eigenvalue weighted by Gasteiger charge is 2.35. The zero-order chi connectivity index (χ0) is 22.2. The maximum atomic E-state index is 13.5. The number of hydrogen-bond acceptors (Lipinski definition) is 3. The molecule has 1 aliphatic heterocycles. The third kappa shape index (κ3) is 4.27. The van der Waals surface area contributed by atoms with Crippen LogP contribution in [0.2, 0.25) is 0 Å². The van der Waals surface area contributed by atoms with Crippen molar-refractivity contribution < 1.29 is 27.5 Å². The van der Waals surface area contributed by atoms with Gasteiger partial charge in [0.05, 0.1) is 12.5 Å². The van der Waals surface area contributed by atoms with Gasteiger partial charge in [0.15, 0.2) is 0 Å². The minimum atomic E-state index is -4.49. The van der Waals surface area contributed by atoms with Crippen molar-refractivity contribution in [3.63, 3.8) is 0 Å². The number of amides is 2. The summed E-state index contributed by atoms with van der Waals surface area (Å²) in [6.45, 7) is 0.323. The number of halogens is 3. The standard InChI is InChI=1S/C22H20F3N3O3/c23-22(24,25)18-11-15-3-1-2-4-17(15)28(18)12-13-5-7-14(8-6-13)20(30)27-21-16(19(26)29)9-10-31-21/h1-8,11,16,21H,9-10,12H2,(H2,26,29)(H,27,30). The molecule has 1 aliphatic rings. The number of carbonyl (C=O) groups excluding carboxylic acids is 2. The van der Waals surface area contributed by atoms with E-state index in [9.17, 15) is 22.8 Å². The molecule has 0 spiro atoms. The Morgan fingerprint density at radius 1 is 1.13 bits per heavy atom. The van der Waals surface area contributed by atoms with E-state index in [1.807, 2.05) is 0 Å². The molecule has 2 aromatic carbocycles. The lowest BCUT2D eigenvalue weighted by Crippen LogP contribution is -2.43. The van der Waals surface area contributed by atoms with Gasteiger partial charge in [0.1, 0.15) is 11.9 Å². The number of nitrogens with zero attached hydrogens (tertiary/aromatic N) is 1. The van der Waals surface area contributed by atoms with Crippen molar-refractivity contribution in [1.29, 1.82) is 0 Å². The van der Waals surface area contributed by atoms with Crippen molar-refractivity contribution in [1.82, 2.24) is 9.88 Å². The maximum absolute atomic E-state index is 13.5. The van der Waals surface area contributed by atoms with E-state index in [4.69, 9.17) is 10.5 Å². The second kappa shape index (κ2) is 8.07. The number of hydrogen-bond donors (Lipinski definition) is 2. The van der Waals surface area contributed by atoms with Gasteiger partial charge in [-0.3, -0.25) is 9.59 Å². The van der Waals surface area contributed by atoms with Crippen molar-refractivity contribution >= 4 is 22.7 Å². The number of ether oxygens (including phenoxy) is 1. The summed E-state index contributed by atoms with van der Waals surface area (Å²) in [5, 5.41) is 3.13. The quantitative estimate of drug-likeness (QED) is 0.650. The molecule has 31 heavy (non-hydrogen) atoms. The minimum absolute atomic E-state index is 0.000257. The summed E-state index contributed by atoms with van der Waals surface area (Å²) in [5.74, 6) is -1.59. The van der Waals surface area contributed by atoms with Gasteiger partial charge in [-0.05, 0) is 36.2 Å². The molecular weight excluding hydrogens is 411 g/mol. The number of aromatic nitrogens is 1. The summed E-state index contributed by atoms with van der Waals surface area (Å²) in [4.78, 5) is 23.9. The first kappa shape index (κ1) is 20.9. The van der Waals surface area contributed by atoms with Crippen LogP contribution in [0.4, 0.5) is 13.2 Å². The highest BCUT2D eigenvalue weighted by atomic mass is 19.4. The first-order chi connectivity index (χ1) is 14.7. The van der Waals surface area contributed by atoms with Gasteiger partial charge in [-0.2, -0.15) is 13.2 Å². The van der Waals surface area contributed by atoms with E-state index in [1.165, 1.54) is 16.7 Å². The molecule has 2 unspecified atom stereocenters. The summed E-state index contributed by atoms with van der Waals surface area (Å²) >= 11 is 0. The van der Waals surface area contributed by atoms with Crippen molar-refractivity contribution in [3.05, 3.63) is 71.4 Å². The number of carbonyl (C=O) groups is 2. The van der Waals surface area contributed by atoms with Crippen LogP contribution in [0.3, 0.4) is 0 Å². The first-order valence-corrected chi connectivity index (χ1v) is 9.70. The summed E-state index contributed by atoms with van der Waals surface area (Å²) in [6, 6.07) is 14.1. The molecule has 1 saturated heterocycles. The highest BCUT2D eigenvalue weighted by molar-refractivity contribution is 5.94. The molecule has 2 amide bonds. The fraction of sp³-hybridized carbons (Fsp3) is 0.273. The van der Waals surface area contributed by atoms with Crippen LogP contribution in [0.15, 0.2) is 54.6 Å². The van der Waals surface area contributed by atoms with Crippen molar-refractivity contribution in [3.8, 4) is 0 Å². The van der Waals surface area contributed by atoms with Crippen LogP contribution in [-0.2, 0) is 22.3 Å². The number of benzene rings is 2. The number of alkyl halides is 3. The van der Waals surface area contributed by atoms with E-state index in [0.29, 0.717) is 35.1 Å². The predicted molar refractivity (Wildman–Crippen MR) is 107 cm³/mol. The van der Waals surface area contributed by atoms with Gasteiger partial charge in [-0.1, -0.05) is 30.3 Å². The molecule has 2 heterocycles. The van der Waals surface area contributed by atoms with Crippen LogP contribution >= 0.6 is 0 Å². The second-order valence-corrected chi connectivity index (χ2v) is 7.43. The number of rotatable bonds is 5. The monoisotopic (exact) mass is 431 g/mol. The molecule has 4 rings (SSSR count). The zero-order valence-electron chi connectivity index (χ0n) is 16.4. The zero-order valence-corrected chi connectivity index (χ0v) is 16.4. The van der Waals surface area contributed by atoms with Crippen LogP contribution in [0.1, 0.15) is 28.0 Å². The molecule has 1 fully saturated rings. The van der Waals surface area contributed by atoms with E-state index >= 15 is 0 Å². The summed E-state index contributed by atoms with van der Waals surface area (Å²) < 4.78 is 47.1. The Hall–Kier alpha value is -3.33. The number of para-hydroxylation sites is 1. The van der Waals surface area contributed by atoms with E-state index < -0.39 is 35.8 Å². The molecule has 6 nitrogen and oxygen atoms in total. The van der Waals surface area contributed by atoms with Crippen LogP contribution in [0.25, 0.3) is 10.9 Å². The van der Waals surface area contributed by atoms with E-state index in [-0.39, 0.29) is 6.54 Å². The van der Waals surface area contributed by atoms with Gasteiger partial charge in [-0.25, -0.2) is 0 Å². The average Bonchev–Trinajstić information content (AvgIpc) is 3.33. The number of fused-ring (bicyclic) bond motifs is 1. The smallest absolute Gasteiger partial charge is 0.369 e. The van der Waals surface area contributed by atoms with Gasteiger partial charge in [0.2, 0.25) is 5.91 Å². The number of nitrogens with two attached hydrogens (primary N) is 1. The van der Waals surface area contributed by atoms with E-state index in [2.05, 4.69) is 5.32 Å². The fourth-order valence-corrected chi connectivity index (χ4v) is 3.80. The van der Waals surface area contributed by atoms with Crippen LogP contribution in [0.5, 0.6) is 0 Å². The predicted octanol–water partition coefficient (Wildman–Crippen LogP) is 3.29. The molecule has 0 aliphatic carbocycles. The van der Waals surface area contributed by atoms with Crippen molar-refractivity contribution in [2.45, 2.75) is 25.4 Å². The third-order valence-electron chi connectivity index (χ3n) is 5.39. The van der Waals surface area contributed by atoms with Gasteiger partial charge < -0.3 is 20.4 Å². The highest BCUT2D eigenvalue weighted by Crippen LogP contribution is 2.34. The Morgan fingerprint density at radius 3 is 2.52 bits per heavy atom. The molecule has 3 aromatic rings. The molecule has 2 atom stereocenters. The molecule has 9 heteroatoms. The Kier molecular flexibility index (Phi) is 5.45. The normalized spacial score (nSPS) is 18.9. The van der Waals surface area contributed by atoms with E-state index in [0.717, 1.165) is 6.07 Å². The summed E-state index contributed by atoms with van der Waals surface area (Å²) in [6.07, 6.45) is -4.84. The fourth-order valence-electron chi connectivity index (χ4n) is 3.80. The lowest BCUT2D eigenvalue weighted by molar-refractivity contribution is -0.143. The average molecular weight is 431 g/mol. The minimum Gasteiger partial charge on any atom is -0.369 e. The Labute approximate surface area is 175 Å². The van der Waals surface area contributed by atoms with Crippen LogP contribution in [-0.4, -0.2) is 29.2 Å². The molecule has 0 bridgehead atoms. The first-order valence-electron chi connectivity index (χ1n) is 9.70. The topological polar surface area (TPSA) is 86.4 Å². The van der Waals surface area contributed by atoms with Crippen LogP contribution < -0.4 is 11.1 Å². The van der Waals surface area contributed by atoms with Crippen molar-refractivity contribution in [2.24, 2.45) is 11.7 Å². The van der Waals surface area contributed by atoms with Gasteiger partial charge >= 0.3 is 6.18 Å². The van der Waals surface area contributed by atoms with Gasteiger partial charge in [0, 0.05) is 23.0 Å². The summed E-state index contributed by atoms with van der Waals surface area (Å²) in [5.41, 5.74) is 5.97. The molecule has 162 valence electrons. The Morgan fingerprint density at radius 2 is 1.84 bits per heavy atom. The van der Waals surface area contributed by atoms with Gasteiger partial charge in [0.25, 0.3) is 5.91 Å².